The first-order chi connectivity index (χ1) is 7.58. The van der Waals surface area contributed by atoms with Gasteiger partial charge >= 0.3 is 0 Å². The highest BCUT2D eigenvalue weighted by Gasteiger charge is 2.14. The van der Waals surface area contributed by atoms with Gasteiger partial charge in [0.2, 0.25) is 0 Å². The summed E-state index contributed by atoms with van der Waals surface area (Å²) in [6.07, 6.45) is 9.01. The van der Waals surface area contributed by atoms with E-state index in [1.165, 1.54) is 0 Å². The highest BCUT2D eigenvalue weighted by Crippen LogP contribution is 2.14. The largest absolute Gasteiger partial charge is 0.328 e. The molecule has 2 rings (SSSR count). The Morgan fingerprint density at radius 1 is 0.375 bits per heavy atom. The van der Waals surface area contributed by atoms with Gasteiger partial charge in [-0.1, -0.05) is 0 Å². The summed E-state index contributed by atoms with van der Waals surface area (Å²) >= 11 is 0. The molecule has 96 valence electrons. The maximum atomic E-state index is 5.64. The molecule has 0 heterocycles. The van der Waals surface area contributed by atoms with Gasteiger partial charge in [0.1, 0.15) is 0 Å². The molecule has 16 heavy (non-hydrogen) atoms. The first kappa shape index (κ1) is 13.9. The van der Waals surface area contributed by atoms with Gasteiger partial charge in [0.25, 0.3) is 0 Å². The van der Waals surface area contributed by atoms with Gasteiger partial charge in [0.05, 0.1) is 0 Å². The molecule has 0 atom stereocenters. The molecular formula is C12H28N4. The highest BCUT2D eigenvalue weighted by atomic mass is 14.7. The van der Waals surface area contributed by atoms with E-state index in [0.29, 0.717) is 24.2 Å². The third-order valence-corrected chi connectivity index (χ3v) is 3.63. The van der Waals surface area contributed by atoms with Crippen molar-refractivity contribution < 1.29 is 0 Å². The van der Waals surface area contributed by atoms with Crippen LogP contribution in [0.1, 0.15) is 51.4 Å². The van der Waals surface area contributed by atoms with E-state index in [2.05, 4.69) is 0 Å². The second-order valence-corrected chi connectivity index (χ2v) is 5.35. The van der Waals surface area contributed by atoms with Gasteiger partial charge in [-0.3, -0.25) is 0 Å². The van der Waals surface area contributed by atoms with Gasteiger partial charge < -0.3 is 22.9 Å². The molecule has 8 N–H and O–H groups in total. The summed E-state index contributed by atoms with van der Waals surface area (Å²) in [5.74, 6) is 0. The van der Waals surface area contributed by atoms with Crippen molar-refractivity contribution in [2.45, 2.75) is 75.5 Å². The molecule has 0 saturated heterocycles. The molecule has 0 aliphatic heterocycles. The third kappa shape index (κ3) is 5.80. The molecule has 0 unspecified atom stereocenters. The van der Waals surface area contributed by atoms with Crippen molar-refractivity contribution in [3.05, 3.63) is 0 Å². The highest BCUT2D eigenvalue weighted by molar-refractivity contribution is 4.76. The van der Waals surface area contributed by atoms with Crippen LogP contribution in [-0.4, -0.2) is 24.2 Å². The van der Waals surface area contributed by atoms with Gasteiger partial charge in [-0.05, 0) is 51.4 Å². The van der Waals surface area contributed by atoms with Crippen LogP contribution in [0.15, 0.2) is 0 Å². The van der Waals surface area contributed by atoms with Crippen molar-refractivity contribution in [2.75, 3.05) is 0 Å². The topological polar surface area (TPSA) is 104 Å². The lowest BCUT2D eigenvalue weighted by Crippen LogP contribution is -2.33. The van der Waals surface area contributed by atoms with Crippen molar-refractivity contribution >= 4 is 0 Å². The smallest absolute Gasteiger partial charge is 0.00399 e. The second kappa shape index (κ2) is 7.22. The van der Waals surface area contributed by atoms with E-state index in [-0.39, 0.29) is 0 Å². The predicted octanol–water partition coefficient (Wildman–Crippen LogP) is 0.430. The lowest BCUT2D eigenvalue weighted by Gasteiger charge is -2.22. The molecule has 0 aromatic rings. The number of nitrogens with two attached hydrogens (primary N) is 4. The Labute approximate surface area is 99.1 Å². The molecule has 0 spiro atoms. The van der Waals surface area contributed by atoms with E-state index in [4.69, 9.17) is 22.9 Å². The quantitative estimate of drug-likeness (QED) is 0.482. The molecule has 4 nitrogen and oxygen atoms in total. The lowest BCUT2D eigenvalue weighted by atomic mass is 9.93. The van der Waals surface area contributed by atoms with Crippen LogP contribution in [0.2, 0.25) is 0 Å². The molecule has 4 heteroatoms. The summed E-state index contributed by atoms with van der Waals surface area (Å²) in [7, 11) is 0. The minimum absolute atomic E-state index is 0.440. The van der Waals surface area contributed by atoms with E-state index in [9.17, 15) is 0 Å². The first-order valence-corrected chi connectivity index (χ1v) is 6.60. The van der Waals surface area contributed by atoms with Crippen LogP contribution in [0.3, 0.4) is 0 Å². The zero-order chi connectivity index (χ0) is 12.0. The predicted molar refractivity (Wildman–Crippen MR) is 68.8 cm³/mol. The molecule has 0 bridgehead atoms. The van der Waals surface area contributed by atoms with Crippen molar-refractivity contribution in [2.24, 2.45) is 22.9 Å². The molecule has 0 amide bonds. The second-order valence-electron chi connectivity index (χ2n) is 5.35. The van der Waals surface area contributed by atoms with Crippen LogP contribution in [0.4, 0.5) is 0 Å². The Kier molecular flexibility index (Phi) is 6.28. The zero-order valence-corrected chi connectivity index (χ0v) is 10.3. The maximum Gasteiger partial charge on any atom is 0.00399 e. The summed E-state index contributed by atoms with van der Waals surface area (Å²) in [6.45, 7) is 0. The van der Waals surface area contributed by atoms with Crippen molar-refractivity contribution in [3.8, 4) is 0 Å². The minimum Gasteiger partial charge on any atom is -0.328 e. The normalized spacial score (nSPS) is 39.8. The summed E-state index contributed by atoms with van der Waals surface area (Å²) in [4.78, 5) is 0. The molecule has 2 aliphatic carbocycles. The maximum absolute atomic E-state index is 5.64. The minimum atomic E-state index is 0.440. The summed E-state index contributed by atoms with van der Waals surface area (Å²) in [5, 5.41) is 0. The zero-order valence-electron chi connectivity index (χ0n) is 10.3. The van der Waals surface area contributed by atoms with Crippen LogP contribution in [0.5, 0.6) is 0 Å². The number of hydrogen-bond donors (Lipinski definition) is 4. The van der Waals surface area contributed by atoms with Gasteiger partial charge in [-0.25, -0.2) is 0 Å². The fraction of sp³-hybridized carbons (Fsp3) is 1.00. The summed E-state index contributed by atoms with van der Waals surface area (Å²) in [5.41, 5.74) is 22.6. The molecule has 0 aromatic heterocycles. The van der Waals surface area contributed by atoms with E-state index in [1.54, 1.807) is 0 Å². The molecular weight excluding hydrogens is 200 g/mol. The Morgan fingerprint density at radius 3 is 0.625 bits per heavy atom. The van der Waals surface area contributed by atoms with Crippen LogP contribution in [0.25, 0.3) is 0 Å². The Morgan fingerprint density at radius 2 is 0.500 bits per heavy atom. The number of rotatable bonds is 0. The number of hydrogen-bond acceptors (Lipinski definition) is 4. The van der Waals surface area contributed by atoms with E-state index in [1.807, 2.05) is 0 Å². The lowest BCUT2D eigenvalue weighted by molar-refractivity contribution is 0.395. The van der Waals surface area contributed by atoms with Crippen LogP contribution >= 0.6 is 0 Å². The van der Waals surface area contributed by atoms with Crippen LogP contribution < -0.4 is 22.9 Å². The average Bonchev–Trinajstić information content (AvgIpc) is 2.28. The monoisotopic (exact) mass is 228 g/mol. The Hall–Kier alpha value is -0.160. The fourth-order valence-electron chi connectivity index (χ4n) is 2.29. The van der Waals surface area contributed by atoms with Gasteiger partial charge in [0, 0.05) is 24.2 Å². The van der Waals surface area contributed by atoms with Crippen molar-refractivity contribution in [1.29, 1.82) is 0 Å². The Balaban J connectivity index is 0.000000160. The van der Waals surface area contributed by atoms with E-state index >= 15 is 0 Å². The molecule has 0 aromatic carbocycles. The van der Waals surface area contributed by atoms with Crippen LogP contribution in [-0.2, 0) is 0 Å². The SMILES string of the molecule is NC1CCC(N)CC1.NC1CCC(N)CC1. The first-order valence-electron chi connectivity index (χ1n) is 6.60. The Bertz CT molecular complexity index is 130. The molecule has 0 radical (unpaired) electrons. The molecule has 2 aliphatic rings. The molecule has 2 fully saturated rings. The molecule has 2 saturated carbocycles. The summed E-state index contributed by atoms with van der Waals surface area (Å²) < 4.78 is 0. The van der Waals surface area contributed by atoms with Crippen LogP contribution in [0, 0.1) is 0 Å². The van der Waals surface area contributed by atoms with Crippen molar-refractivity contribution in [3.63, 3.8) is 0 Å². The standard InChI is InChI=1S/2C6H14N2/c2*7-5-1-2-6(8)4-3-5/h2*5-6H,1-4,7-8H2. The van der Waals surface area contributed by atoms with E-state index < -0.39 is 0 Å². The van der Waals surface area contributed by atoms with Crippen molar-refractivity contribution in [1.82, 2.24) is 0 Å². The third-order valence-electron chi connectivity index (χ3n) is 3.63. The fourth-order valence-corrected chi connectivity index (χ4v) is 2.29. The van der Waals surface area contributed by atoms with Gasteiger partial charge in [0.15, 0.2) is 0 Å². The summed E-state index contributed by atoms with van der Waals surface area (Å²) in [6, 6.07) is 1.76. The van der Waals surface area contributed by atoms with E-state index in [0.717, 1.165) is 51.4 Å². The average molecular weight is 228 g/mol. The van der Waals surface area contributed by atoms with Gasteiger partial charge in [-0.15, -0.1) is 0 Å². The van der Waals surface area contributed by atoms with Gasteiger partial charge in [-0.2, -0.15) is 0 Å².